The van der Waals surface area contributed by atoms with Gasteiger partial charge in [0.05, 0.1) is 21.0 Å². The zero-order valence-corrected chi connectivity index (χ0v) is 20.9. The lowest BCUT2D eigenvalue weighted by atomic mass is 9.78. The third kappa shape index (κ3) is 6.13. The molecule has 0 spiro atoms. The summed E-state index contributed by atoms with van der Waals surface area (Å²) in [6.07, 6.45) is 0. The molecule has 4 aromatic carbocycles. The number of non-ortho nitro benzene ring substituents is 2. The molecule has 0 amide bonds. The number of nitrogens with zero attached hydrogens (tertiary/aromatic N) is 2. The lowest BCUT2D eigenvalue weighted by Crippen LogP contribution is -2.19. The third-order valence-corrected chi connectivity index (χ3v) is 6.16. The molecule has 10 heteroatoms. The van der Waals surface area contributed by atoms with E-state index in [4.69, 9.17) is 9.47 Å². The number of hydrogen-bond acceptors (Lipinski definition) is 8. The van der Waals surface area contributed by atoms with Crippen LogP contribution >= 0.6 is 0 Å². The van der Waals surface area contributed by atoms with Gasteiger partial charge < -0.3 is 9.47 Å². The van der Waals surface area contributed by atoms with Crippen molar-refractivity contribution >= 4 is 23.3 Å². The van der Waals surface area contributed by atoms with E-state index in [1.54, 1.807) is 24.3 Å². The van der Waals surface area contributed by atoms with Crippen LogP contribution in [0.3, 0.4) is 0 Å². The Morgan fingerprint density at radius 1 is 0.615 bits per heavy atom. The van der Waals surface area contributed by atoms with Crippen LogP contribution in [0.15, 0.2) is 97.1 Å². The predicted molar refractivity (Wildman–Crippen MR) is 141 cm³/mol. The van der Waals surface area contributed by atoms with Gasteiger partial charge in [0.1, 0.15) is 11.5 Å². The molecule has 0 unspecified atom stereocenters. The largest absolute Gasteiger partial charge is 0.423 e. The number of esters is 2. The van der Waals surface area contributed by atoms with Gasteiger partial charge in [0, 0.05) is 29.7 Å². The van der Waals surface area contributed by atoms with Crippen LogP contribution in [0.25, 0.3) is 0 Å². The van der Waals surface area contributed by atoms with Crippen molar-refractivity contribution in [2.45, 2.75) is 19.3 Å². The van der Waals surface area contributed by atoms with Crippen molar-refractivity contribution in [2.75, 3.05) is 0 Å². The third-order valence-electron chi connectivity index (χ3n) is 6.16. The Labute approximate surface area is 222 Å². The van der Waals surface area contributed by atoms with E-state index in [0.717, 1.165) is 23.3 Å². The summed E-state index contributed by atoms with van der Waals surface area (Å²) >= 11 is 0. The molecule has 0 aliphatic heterocycles. The molecule has 10 nitrogen and oxygen atoms in total. The molecule has 0 saturated heterocycles. The predicted octanol–water partition coefficient (Wildman–Crippen LogP) is 6.27. The molecule has 39 heavy (non-hydrogen) atoms. The van der Waals surface area contributed by atoms with E-state index in [1.165, 1.54) is 36.4 Å². The SMILES string of the molecule is CC(C)(c1ccc(OC(=O)c2cccc([N+](=O)[O-])c2)cc1)c1ccc(OC(=O)c2cccc([N+](=O)[O-])c2)cc1. The summed E-state index contributed by atoms with van der Waals surface area (Å²) < 4.78 is 10.7. The second-order valence-corrected chi connectivity index (χ2v) is 9.07. The number of nitro benzene ring substituents is 2. The molecule has 0 radical (unpaired) electrons. The molecule has 0 aliphatic carbocycles. The molecular weight excluding hydrogens is 504 g/mol. The smallest absolute Gasteiger partial charge is 0.343 e. The molecule has 0 bridgehead atoms. The summed E-state index contributed by atoms with van der Waals surface area (Å²) in [6.45, 7) is 4.00. The van der Waals surface area contributed by atoms with E-state index < -0.39 is 27.2 Å². The molecule has 0 N–H and O–H groups in total. The van der Waals surface area contributed by atoms with Gasteiger partial charge in [-0.25, -0.2) is 9.59 Å². The van der Waals surface area contributed by atoms with E-state index in [1.807, 2.05) is 38.1 Å². The normalized spacial score (nSPS) is 10.9. The van der Waals surface area contributed by atoms with Crippen molar-refractivity contribution in [1.82, 2.24) is 0 Å². The van der Waals surface area contributed by atoms with Gasteiger partial charge in [-0.15, -0.1) is 0 Å². The van der Waals surface area contributed by atoms with Crippen LogP contribution < -0.4 is 9.47 Å². The van der Waals surface area contributed by atoms with E-state index >= 15 is 0 Å². The van der Waals surface area contributed by atoms with Crippen LogP contribution in [-0.4, -0.2) is 21.8 Å². The maximum absolute atomic E-state index is 12.4. The van der Waals surface area contributed by atoms with Crippen molar-refractivity contribution in [3.8, 4) is 11.5 Å². The molecule has 4 aromatic rings. The van der Waals surface area contributed by atoms with Crippen LogP contribution in [0, 0.1) is 20.2 Å². The maximum Gasteiger partial charge on any atom is 0.343 e. The lowest BCUT2D eigenvalue weighted by molar-refractivity contribution is -0.385. The van der Waals surface area contributed by atoms with Crippen LogP contribution in [0.1, 0.15) is 45.7 Å². The molecule has 0 atom stereocenters. The van der Waals surface area contributed by atoms with Gasteiger partial charge in [0.2, 0.25) is 0 Å². The molecule has 0 heterocycles. The van der Waals surface area contributed by atoms with Gasteiger partial charge >= 0.3 is 11.9 Å². The first-order valence-electron chi connectivity index (χ1n) is 11.7. The minimum absolute atomic E-state index is 0.0693. The van der Waals surface area contributed by atoms with Crippen molar-refractivity contribution in [2.24, 2.45) is 0 Å². The van der Waals surface area contributed by atoms with Gasteiger partial charge in [-0.3, -0.25) is 20.2 Å². The van der Waals surface area contributed by atoms with Crippen molar-refractivity contribution in [3.05, 3.63) is 140 Å². The Bertz CT molecular complexity index is 1440. The molecule has 0 fully saturated rings. The number of rotatable bonds is 8. The van der Waals surface area contributed by atoms with Crippen LogP contribution in [0.2, 0.25) is 0 Å². The van der Waals surface area contributed by atoms with Crippen LogP contribution in [-0.2, 0) is 5.41 Å². The minimum Gasteiger partial charge on any atom is -0.423 e. The van der Waals surface area contributed by atoms with Gasteiger partial charge in [0.25, 0.3) is 11.4 Å². The zero-order valence-electron chi connectivity index (χ0n) is 20.9. The van der Waals surface area contributed by atoms with Crippen molar-refractivity contribution in [3.63, 3.8) is 0 Å². The van der Waals surface area contributed by atoms with Crippen LogP contribution in [0.4, 0.5) is 11.4 Å². The number of nitro groups is 2. The number of hydrogen-bond donors (Lipinski definition) is 0. The highest BCUT2D eigenvalue weighted by molar-refractivity contribution is 5.92. The topological polar surface area (TPSA) is 139 Å². The maximum atomic E-state index is 12.4. The number of carbonyl (C=O) groups excluding carboxylic acids is 2. The summed E-state index contributed by atoms with van der Waals surface area (Å²) in [5.41, 5.74) is 1.10. The highest BCUT2D eigenvalue weighted by Crippen LogP contribution is 2.33. The van der Waals surface area contributed by atoms with E-state index in [9.17, 15) is 29.8 Å². The Morgan fingerprint density at radius 2 is 0.974 bits per heavy atom. The van der Waals surface area contributed by atoms with Gasteiger partial charge in [-0.2, -0.15) is 0 Å². The fourth-order valence-corrected chi connectivity index (χ4v) is 3.87. The minimum atomic E-state index is -0.707. The Morgan fingerprint density at radius 3 is 1.31 bits per heavy atom. The number of benzene rings is 4. The first kappa shape index (κ1) is 26.7. The highest BCUT2D eigenvalue weighted by atomic mass is 16.6. The molecule has 0 saturated carbocycles. The number of carbonyl (C=O) groups is 2. The second-order valence-electron chi connectivity index (χ2n) is 9.07. The fraction of sp³-hybridized carbons (Fsp3) is 0.103. The Kier molecular flexibility index (Phi) is 7.48. The molecule has 4 rings (SSSR count). The summed E-state index contributed by atoms with van der Waals surface area (Å²) in [5.74, 6) is -0.842. The molecule has 196 valence electrons. The van der Waals surface area contributed by atoms with E-state index in [-0.39, 0.29) is 34.0 Å². The van der Waals surface area contributed by atoms with Gasteiger partial charge in [-0.1, -0.05) is 50.2 Å². The average Bonchev–Trinajstić information content (AvgIpc) is 2.93. The Balaban J connectivity index is 1.43. The summed E-state index contributed by atoms with van der Waals surface area (Å²) in [7, 11) is 0. The van der Waals surface area contributed by atoms with Gasteiger partial charge in [-0.05, 0) is 47.5 Å². The van der Waals surface area contributed by atoms with Gasteiger partial charge in [0.15, 0.2) is 0 Å². The standard InChI is InChI=1S/C29H22N2O8/c1-29(2,21-9-13-25(14-10-21)38-27(32)19-5-3-7-23(17-19)30(34)35)22-11-15-26(16-12-22)39-28(33)20-6-4-8-24(18-20)31(36)37/h3-18H,1-2H3. The average molecular weight is 527 g/mol. The van der Waals surface area contributed by atoms with E-state index in [2.05, 4.69) is 0 Å². The summed E-state index contributed by atoms with van der Waals surface area (Å²) in [6, 6.07) is 24.4. The fourth-order valence-electron chi connectivity index (χ4n) is 3.87. The Hall–Kier alpha value is -5.38. The van der Waals surface area contributed by atoms with E-state index in [0.29, 0.717) is 0 Å². The molecule has 0 aromatic heterocycles. The van der Waals surface area contributed by atoms with Crippen molar-refractivity contribution in [1.29, 1.82) is 0 Å². The zero-order chi connectivity index (χ0) is 28.2. The molecular formula is C29H22N2O8. The summed E-state index contributed by atoms with van der Waals surface area (Å²) in [5, 5.41) is 21.9. The summed E-state index contributed by atoms with van der Waals surface area (Å²) in [4.78, 5) is 45.6. The monoisotopic (exact) mass is 526 g/mol. The highest BCUT2D eigenvalue weighted by Gasteiger charge is 2.24. The lowest BCUT2D eigenvalue weighted by Gasteiger charge is -2.26. The van der Waals surface area contributed by atoms with Crippen molar-refractivity contribution < 1.29 is 28.9 Å². The quantitative estimate of drug-likeness (QED) is 0.113. The first-order chi connectivity index (χ1) is 18.5. The first-order valence-corrected chi connectivity index (χ1v) is 11.7. The molecule has 0 aliphatic rings. The number of ether oxygens (including phenoxy) is 2. The van der Waals surface area contributed by atoms with Crippen LogP contribution in [0.5, 0.6) is 11.5 Å². The second kappa shape index (κ2) is 10.9.